The number of carbonyl (C=O) groups is 1. The molecule has 120 valence electrons. The summed E-state index contributed by atoms with van der Waals surface area (Å²) in [5.41, 5.74) is 5.03. The van der Waals surface area contributed by atoms with E-state index in [1.54, 1.807) is 0 Å². The number of piperidine rings is 1. The molecule has 1 fully saturated rings. The second-order valence-electron chi connectivity index (χ2n) is 6.20. The Kier molecular flexibility index (Phi) is 7.13. The molecule has 1 heterocycles. The minimum atomic E-state index is -0.406. The summed E-state index contributed by atoms with van der Waals surface area (Å²) in [6.07, 6.45) is 4.55. The fraction of sp³-hybridized carbons (Fsp3) is 0.875. The van der Waals surface area contributed by atoms with Gasteiger partial charge in [-0.3, -0.25) is 15.0 Å². The topological polar surface area (TPSA) is 82.2 Å². The van der Waals surface area contributed by atoms with Crippen LogP contribution in [0.3, 0.4) is 0 Å². The van der Waals surface area contributed by atoms with Crippen molar-refractivity contribution in [3.8, 4) is 6.07 Å². The number of primary amides is 1. The lowest BCUT2D eigenvalue weighted by atomic mass is 9.90. The number of nitrogens with zero attached hydrogens (tertiary/aromatic N) is 2. The fourth-order valence-corrected chi connectivity index (χ4v) is 3.21. The molecule has 5 nitrogen and oxygen atoms in total. The van der Waals surface area contributed by atoms with E-state index >= 15 is 0 Å². The summed E-state index contributed by atoms with van der Waals surface area (Å²) in [4.78, 5) is 13.7. The first kappa shape index (κ1) is 17.9. The molecular weight excluding hydrogens is 264 g/mol. The number of amides is 1. The molecule has 1 saturated heterocycles. The molecule has 1 rings (SSSR count). The van der Waals surface area contributed by atoms with Crippen LogP contribution in [0.5, 0.6) is 0 Å². The van der Waals surface area contributed by atoms with Gasteiger partial charge in [-0.2, -0.15) is 5.26 Å². The summed E-state index contributed by atoms with van der Waals surface area (Å²) in [7, 11) is 0. The molecule has 5 heteroatoms. The van der Waals surface area contributed by atoms with Crippen molar-refractivity contribution in [2.45, 2.75) is 64.5 Å². The van der Waals surface area contributed by atoms with Crippen LogP contribution in [0.2, 0.25) is 0 Å². The number of hydrogen-bond acceptors (Lipinski definition) is 4. The number of hydrogen-bond donors (Lipinski definition) is 2. The highest BCUT2D eigenvalue weighted by atomic mass is 16.1. The quantitative estimate of drug-likeness (QED) is 0.713. The van der Waals surface area contributed by atoms with Crippen LogP contribution in [0.4, 0.5) is 0 Å². The van der Waals surface area contributed by atoms with E-state index in [4.69, 9.17) is 5.73 Å². The van der Waals surface area contributed by atoms with Crippen LogP contribution in [0.15, 0.2) is 0 Å². The molecule has 1 amide bonds. The minimum absolute atomic E-state index is 0.0122. The van der Waals surface area contributed by atoms with Crippen molar-refractivity contribution in [1.29, 1.82) is 5.26 Å². The smallest absolute Gasteiger partial charge is 0.221 e. The summed E-state index contributed by atoms with van der Waals surface area (Å²) < 4.78 is 0. The molecule has 0 spiro atoms. The van der Waals surface area contributed by atoms with Gasteiger partial charge in [0.05, 0.1) is 12.0 Å². The van der Waals surface area contributed by atoms with Crippen molar-refractivity contribution >= 4 is 5.91 Å². The van der Waals surface area contributed by atoms with Gasteiger partial charge in [0.15, 0.2) is 0 Å². The average molecular weight is 294 g/mol. The lowest BCUT2D eigenvalue weighted by molar-refractivity contribution is -0.123. The lowest BCUT2D eigenvalue weighted by Gasteiger charge is -2.37. The Morgan fingerprint density at radius 2 is 2.19 bits per heavy atom. The molecule has 0 aliphatic carbocycles. The highest BCUT2D eigenvalue weighted by Gasteiger charge is 2.30. The van der Waals surface area contributed by atoms with Gasteiger partial charge < -0.3 is 5.73 Å². The molecule has 0 radical (unpaired) electrons. The molecule has 1 aliphatic rings. The Labute approximate surface area is 128 Å². The van der Waals surface area contributed by atoms with Crippen molar-refractivity contribution in [1.82, 2.24) is 10.2 Å². The van der Waals surface area contributed by atoms with Gasteiger partial charge >= 0.3 is 0 Å². The molecular formula is C16H30N4O. The normalized spacial score (nSPS) is 26.0. The summed E-state index contributed by atoms with van der Waals surface area (Å²) in [6, 6.07) is 2.94. The molecule has 1 aliphatic heterocycles. The third kappa shape index (κ3) is 4.98. The maximum atomic E-state index is 11.4. The van der Waals surface area contributed by atoms with E-state index in [9.17, 15) is 10.1 Å². The van der Waals surface area contributed by atoms with Crippen LogP contribution in [0.1, 0.15) is 52.9 Å². The Hall–Kier alpha value is -1.12. The number of nitriles is 1. The van der Waals surface area contributed by atoms with Crippen LogP contribution in [0, 0.1) is 17.2 Å². The first-order valence-corrected chi connectivity index (χ1v) is 8.17. The molecule has 21 heavy (non-hydrogen) atoms. The van der Waals surface area contributed by atoms with Crippen LogP contribution in [0.25, 0.3) is 0 Å². The van der Waals surface area contributed by atoms with Gasteiger partial charge in [0.2, 0.25) is 5.91 Å². The molecule has 0 bridgehead atoms. The zero-order valence-corrected chi connectivity index (χ0v) is 13.7. The van der Waals surface area contributed by atoms with Crippen molar-refractivity contribution in [2.24, 2.45) is 11.7 Å². The largest absolute Gasteiger partial charge is 0.369 e. The Balaban J connectivity index is 2.49. The van der Waals surface area contributed by atoms with Gasteiger partial charge in [0.25, 0.3) is 0 Å². The van der Waals surface area contributed by atoms with E-state index in [0.717, 1.165) is 51.7 Å². The summed E-state index contributed by atoms with van der Waals surface area (Å²) in [6.45, 7) is 8.80. The van der Waals surface area contributed by atoms with Crippen LogP contribution >= 0.6 is 0 Å². The van der Waals surface area contributed by atoms with Gasteiger partial charge in [-0.15, -0.1) is 0 Å². The SMILES string of the molecule is CCNC(C#N)(CC)CCCN1CC(C(N)=O)CCC1C. The average Bonchev–Trinajstić information content (AvgIpc) is 2.48. The van der Waals surface area contributed by atoms with Crippen LogP contribution < -0.4 is 11.1 Å². The van der Waals surface area contributed by atoms with Crippen molar-refractivity contribution in [3.63, 3.8) is 0 Å². The van der Waals surface area contributed by atoms with Crippen LogP contribution in [-0.2, 0) is 4.79 Å². The molecule has 0 aromatic rings. The minimum Gasteiger partial charge on any atom is -0.369 e. The molecule has 3 N–H and O–H groups in total. The third-order valence-corrected chi connectivity index (χ3v) is 4.80. The summed E-state index contributed by atoms with van der Waals surface area (Å²) in [5.74, 6) is -0.193. The zero-order chi connectivity index (χ0) is 15.9. The van der Waals surface area contributed by atoms with Gasteiger partial charge in [-0.25, -0.2) is 0 Å². The van der Waals surface area contributed by atoms with Crippen molar-refractivity contribution in [3.05, 3.63) is 0 Å². The maximum Gasteiger partial charge on any atom is 0.221 e. The van der Waals surface area contributed by atoms with E-state index in [-0.39, 0.29) is 11.8 Å². The van der Waals surface area contributed by atoms with Crippen LogP contribution in [-0.4, -0.2) is 42.0 Å². The van der Waals surface area contributed by atoms with E-state index in [2.05, 4.69) is 30.1 Å². The van der Waals surface area contributed by atoms with E-state index in [1.807, 2.05) is 6.92 Å². The molecule has 3 atom stereocenters. The number of nitrogens with two attached hydrogens (primary N) is 1. The van der Waals surface area contributed by atoms with Gasteiger partial charge in [-0.05, 0) is 52.1 Å². The second kappa shape index (κ2) is 8.35. The first-order chi connectivity index (χ1) is 9.98. The van der Waals surface area contributed by atoms with Gasteiger partial charge in [0, 0.05) is 12.6 Å². The Bertz CT molecular complexity index is 379. The number of rotatable bonds is 8. The zero-order valence-electron chi connectivity index (χ0n) is 13.7. The summed E-state index contributed by atoms with van der Waals surface area (Å²) >= 11 is 0. The third-order valence-electron chi connectivity index (χ3n) is 4.80. The number of likely N-dealkylation sites (tertiary alicyclic amines) is 1. The summed E-state index contributed by atoms with van der Waals surface area (Å²) in [5, 5.41) is 12.7. The molecule has 0 aromatic carbocycles. The number of nitrogens with one attached hydrogen (secondary N) is 1. The molecule has 3 unspecified atom stereocenters. The van der Waals surface area contributed by atoms with Crippen molar-refractivity contribution in [2.75, 3.05) is 19.6 Å². The second-order valence-corrected chi connectivity index (χ2v) is 6.20. The predicted molar refractivity (Wildman–Crippen MR) is 84.5 cm³/mol. The van der Waals surface area contributed by atoms with E-state index < -0.39 is 5.54 Å². The Morgan fingerprint density at radius 3 is 2.71 bits per heavy atom. The maximum absolute atomic E-state index is 11.4. The fourth-order valence-electron chi connectivity index (χ4n) is 3.21. The highest BCUT2D eigenvalue weighted by molar-refractivity contribution is 5.76. The van der Waals surface area contributed by atoms with E-state index in [0.29, 0.717) is 6.04 Å². The predicted octanol–water partition coefficient (Wildman–Crippen LogP) is 1.63. The van der Waals surface area contributed by atoms with Crippen molar-refractivity contribution < 1.29 is 4.79 Å². The van der Waals surface area contributed by atoms with Gasteiger partial charge in [-0.1, -0.05) is 13.8 Å². The molecule has 0 aromatic heterocycles. The lowest BCUT2D eigenvalue weighted by Crippen LogP contribution is -2.47. The van der Waals surface area contributed by atoms with Gasteiger partial charge in [0.1, 0.15) is 5.54 Å². The monoisotopic (exact) mass is 294 g/mol. The standard InChI is InChI=1S/C16H30N4O/c1-4-16(12-17,19-5-2)9-6-10-20-11-14(15(18)21)8-7-13(20)3/h13-14,19H,4-11H2,1-3H3,(H2,18,21). The Morgan fingerprint density at radius 1 is 1.48 bits per heavy atom. The first-order valence-electron chi connectivity index (χ1n) is 8.17. The highest BCUT2D eigenvalue weighted by Crippen LogP contribution is 2.23. The van der Waals surface area contributed by atoms with E-state index in [1.165, 1.54) is 0 Å². The molecule has 0 saturated carbocycles. The number of carbonyl (C=O) groups excluding carboxylic acids is 1.